The molecule has 8 nitrogen and oxygen atoms in total. The minimum absolute atomic E-state index is 0.0169. The molecule has 0 spiro atoms. The van der Waals surface area contributed by atoms with Crippen LogP contribution in [0.2, 0.25) is 10.0 Å². The number of hydrogen-bond acceptors (Lipinski definition) is 6. The minimum atomic E-state index is -3.24. The summed E-state index contributed by atoms with van der Waals surface area (Å²) in [6.07, 6.45) is -0.528. The summed E-state index contributed by atoms with van der Waals surface area (Å²) in [5.41, 5.74) is 0.670. The fourth-order valence-corrected chi connectivity index (χ4v) is 8.38. The molecule has 2 heterocycles. The third-order valence-corrected chi connectivity index (χ3v) is 9.67. The Morgan fingerprint density at radius 2 is 1.84 bits per heavy atom. The first-order valence-corrected chi connectivity index (χ1v) is 15.0. The Morgan fingerprint density at radius 1 is 1.14 bits per heavy atom. The summed E-state index contributed by atoms with van der Waals surface area (Å²) in [4.78, 5) is 32.1. The number of alkyl carbamates (subject to hydrolysis) is 1. The molecule has 37 heavy (non-hydrogen) atoms. The van der Waals surface area contributed by atoms with Crippen molar-refractivity contribution in [1.82, 2.24) is 5.32 Å². The van der Waals surface area contributed by atoms with Gasteiger partial charge in [0, 0.05) is 17.4 Å². The predicted octanol–water partition coefficient (Wildman–Crippen LogP) is 4.73. The van der Waals surface area contributed by atoms with Gasteiger partial charge in [0.25, 0.3) is 5.91 Å². The van der Waals surface area contributed by atoms with E-state index in [2.05, 4.69) is 10.3 Å². The second-order valence-electron chi connectivity index (χ2n) is 9.89. The van der Waals surface area contributed by atoms with E-state index in [1.807, 2.05) is 30.3 Å². The molecule has 1 N–H and O–H groups in total. The number of sulfone groups is 1. The first-order chi connectivity index (χ1) is 17.3. The molecule has 0 radical (unpaired) electrons. The van der Waals surface area contributed by atoms with Gasteiger partial charge in [-0.1, -0.05) is 65.3 Å². The van der Waals surface area contributed by atoms with Crippen LogP contribution in [0.5, 0.6) is 0 Å². The lowest BCUT2D eigenvalue weighted by Gasteiger charge is -2.25. The average Bonchev–Trinajstić information content (AvgIpc) is 3.25. The zero-order valence-electron chi connectivity index (χ0n) is 20.5. The number of hydrogen-bond donors (Lipinski definition) is 1. The van der Waals surface area contributed by atoms with Crippen LogP contribution in [-0.4, -0.2) is 60.0 Å². The summed E-state index contributed by atoms with van der Waals surface area (Å²) in [5, 5.41) is 3.35. The SMILES string of the molecule is CC(C)(C)OC(=O)N[C@@H](Cc1ccccc1)C(=O)N=C1S[C@H]2CS(=O)(=O)C[C@@H]2N1c1ccc(Cl)c(Cl)c1. The minimum Gasteiger partial charge on any atom is -0.444 e. The van der Waals surface area contributed by atoms with E-state index in [4.69, 9.17) is 27.9 Å². The van der Waals surface area contributed by atoms with Gasteiger partial charge in [-0.2, -0.15) is 4.99 Å². The maximum atomic E-state index is 13.5. The zero-order chi connectivity index (χ0) is 27.0. The third-order valence-electron chi connectivity index (χ3n) is 5.73. The van der Waals surface area contributed by atoms with Crippen LogP contribution in [0.25, 0.3) is 0 Å². The van der Waals surface area contributed by atoms with Crippen molar-refractivity contribution in [3.05, 3.63) is 64.1 Å². The molecule has 2 fully saturated rings. The number of aliphatic imine (C=N–C) groups is 1. The molecule has 12 heteroatoms. The third kappa shape index (κ3) is 6.98. The quantitative estimate of drug-likeness (QED) is 0.542. The smallest absolute Gasteiger partial charge is 0.408 e. The maximum absolute atomic E-state index is 13.5. The molecule has 2 aliphatic heterocycles. The molecule has 0 bridgehead atoms. The van der Waals surface area contributed by atoms with Gasteiger partial charge >= 0.3 is 6.09 Å². The van der Waals surface area contributed by atoms with Crippen molar-refractivity contribution in [2.75, 3.05) is 16.4 Å². The number of thioether (sulfide) groups is 1. The predicted molar refractivity (Wildman–Crippen MR) is 149 cm³/mol. The average molecular weight is 585 g/mol. The van der Waals surface area contributed by atoms with Gasteiger partial charge in [-0.05, 0) is 44.5 Å². The number of halogens is 2. The summed E-state index contributed by atoms with van der Waals surface area (Å²) >= 11 is 13.6. The molecule has 2 aromatic carbocycles. The summed E-state index contributed by atoms with van der Waals surface area (Å²) in [6.45, 7) is 5.20. The molecule has 0 saturated carbocycles. The van der Waals surface area contributed by atoms with Crippen molar-refractivity contribution in [2.24, 2.45) is 4.99 Å². The Balaban J connectivity index is 1.66. The molecule has 2 aromatic rings. The number of carbonyl (C=O) groups is 2. The summed E-state index contributed by atoms with van der Waals surface area (Å²) in [6, 6.07) is 12.8. The molecular weight excluding hydrogens is 557 g/mol. The van der Waals surface area contributed by atoms with Crippen molar-refractivity contribution < 1.29 is 22.7 Å². The number of ether oxygens (including phenoxy) is 1. The lowest BCUT2D eigenvalue weighted by atomic mass is 10.1. The molecule has 198 valence electrons. The monoisotopic (exact) mass is 583 g/mol. The van der Waals surface area contributed by atoms with Gasteiger partial charge in [0.1, 0.15) is 11.6 Å². The number of benzene rings is 2. The van der Waals surface area contributed by atoms with Gasteiger partial charge in [-0.25, -0.2) is 13.2 Å². The van der Waals surface area contributed by atoms with E-state index in [9.17, 15) is 18.0 Å². The zero-order valence-corrected chi connectivity index (χ0v) is 23.6. The van der Waals surface area contributed by atoms with E-state index < -0.39 is 39.5 Å². The van der Waals surface area contributed by atoms with Crippen LogP contribution in [0, 0.1) is 0 Å². The first-order valence-electron chi connectivity index (χ1n) is 11.6. The number of nitrogens with one attached hydrogen (secondary N) is 1. The number of amidine groups is 1. The highest BCUT2D eigenvalue weighted by molar-refractivity contribution is 8.16. The molecule has 3 atom stereocenters. The molecular formula is C25H27Cl2N3O5S2. The summed E-state index contributed by atoms with van der Waals surface area (Å²) < 4.78 is 30.1. The van der Waals surface area contributed by atoms with Crippen LogP contribution < -0.4 is 10.2 Å². The van der Waals surface area contributed by atoms with E-state index in [1.165, 1.54) is 11.8 Å². The van der Waals surface area contributed by atoms with Crippen LogP contribution in [0.3, 0.4) is 0 Å². The number of fused-ring (bicyclic) bond motifs is 1. The van der Waals surface area contributed by atoms with E-state index in [1.54, 1.807) is 43.9 Å². The molecule has 0 unspecified atom stereocenters. The van der Waals surface area contributed by atoms with Crippen LogP contribution in [0.4, 0.5) is 10.5 Å². The van der Waals surface area contributed by atoms with Crippen molar-refractivity contribution in [3.8, 4) is 0 Å². The normalized spacial score (nSPS) is 22.5. The van der Waals surface area contributed by atoms with E-state index >= 15 is 0 Å². The second kappa shape index (κ2) is 10.8. The van der Waals surface area contributed by atoms with Crippen LogP contribution in [0.15, 0.2) is 53.5 Å². The Hall–Kier alpha value is -2.27. The number of amides is 2. The summed E-state index contributed by atoms with van der Waals surface area (Å²) in [5.74, 6) is -0.663. The fourth-order valence-electron chi connectivity index (χ4n) is 4.17. The van der Waals surface area contributed by atoms with E-state index in [0.29, 0.717) is 20.9 Å². The van der Waals surface area contributed by atoms with E-state index in [0.717, 1.165) is 5.56 Å². The number of anilines is 1. The molecule has 0 aromatic heterocycles. The number of nitrogens with zero attached hydrogens (tertiary/aromatic N) is 2. The molecule has 2 saturated heterocycles. The Labute approximate surface area is 230 Å². The molecule has 0 aliphatic carbocycles. The Kier molecular flexibility index (Phi) is 8.13. The van der Waals surface area contributed by atoms with Gasteiger partial charge < -0.3 is 15.0 Å². The van der Waals surface area contributed by atoms with Crippen molar-refractivity contribution >= 4 is 67.7 Å². The van der Waals surface area contributed by atoms with Crippen molar-refractivity contribution in [2.45, 2.75) is 50.1 Å². The van der Waals surface area contributed by atoms with Crippen molar-refractivity contribution in [3.63, 3.8) is 0 Å². The Bertz CT molecular complexity index is 1330. The maximum Gasteiger partial charge on any atom is 0.408 e. The Morgan fingerprint density at radius 3 is 2.49 bits per heavy atom. The van der Waals surface area contributed by atoms with Crippen molar-refractivity contribution in [1.29, 1.82) is 0 Å². The van der Waals surface area contributed by atoms with Gasteiger partial charge in [0.2, 0.25) is 0 Å². The largest absolute Gasteiger partial charge is 0.444 e. The van der Waals surface area contributed by atoms with Gasteiger partial charge in [-0.15, -0.1) is 0 Å². The van der Waals surface area contributed by atoms with Gasteiger partial charge in [-0.3, -0.25) is 4.79 Å². The van der Waals surface area contributed by atoms with Gasteiger partial charge in [0.05, 0.1) is 27.6 Å². The molecule has 4 rings (SSSR count). The van der Waals surface area contributed by atoms with Crippen LogP contribution in [-0.2, 0) is 25.8 Å². The molecule has 2 aliphatic rings. The number of rotatable bonds is 5. The highest BCUT2D eigenvalue weighted by atomic mass is 35.5. The summed E-state index contributed by atoms with van der Waals surface area (Å²) in [7, 11) is -3.24. The lowest BCUT2D eigenvalue weighted by molar-refractivity contribution is -0.119. The van der Waals surface area contributed by atoms with Crippen LogP contribution in [0.1, 0.15) is 26.3 Å². The molecule has 2 amide bonds. The second-order valence-corrected chi connectivity index (χ2v) is 14.1. The highest BCUT2D eigenvalue weighted by Crippen LogP contribution is 2.42. The highest BCUT2D eigenvalue weighted by Gasteiger charge is 2.49. The van der Waals surface area contributed by atoms with Gasteiger partial charge in [0.15, 0.2) is 15.0 Å². The standard InChI is InChI=1S/C25H27Cl2N3O5S2/c1-25(2,3)35-24(32)28-19(11-15-7-5-4-6-8-15)22(31)29-23-30(16-9-10-17(26)18(27)12-16)20-13-37(33,34)14-21(20)36-23/h4-10,12,19-21H,11,13-14H2,1-3H3,(H,28,32)/t19-,20-,21-/m0/s1. The topological polar surface area (TPSA) is 105 Å². The first kappa shape index (κ1) is 27.8. The lowest BCUT2D eigenvalue weighted by Crippen LogP contribution is -2.45. The van der Waals surface area contributed by atoms with Crippen LogP contribution >= 0.6 is 35.0 Å². The fraction of sp³-hybridized carbons (Fsp3) is 0.400. The number of carbonyl (C=O) groups excluding carboxylic acids is 2. The van der Waals surface area contributed by atoms with E-state index in [-0.39, 0.29) is 23.2 Å².